The van der Waals surface area contributed by atoms with Gasteiger partial charge in [0, 0.05) is 30.9 Å². The Balaban J connectivity index is 1.42. The Morgan fingerprint density at radius 2 is 2.04 bits per heavy atom. The number of halogens is 1. The van der Waals surface area contributed by atoms with Crippen LogP contribution in [-0.4, -0.2) is 21.0 Å². The van der Waals surface area contributed by atoms with Gasteiger partial charge in [-0.3, -0.25) is 4.90 Å². The number of hydrogen-bond acceptors (Lipinski definition) is 3. The summed E-state index contributed by atoms with van der Waals surface area (Å²) in [5, 5.41) is 0.571. The number of fused-ring (bicyclic) bond motifs is 4. The van der Waals surface area contributed by atoms with Crippen LogP contribution in [0.4, 0.5) is 4.39 Å². The second-order valence-corrected chi connectivity index (χ2v) is 6.86. The standard InChI is InChI=1S/C19H20FN3O/c20-15-6-5-13(19-14(15)7-10-24-19)11-22-8-9-23-17-4-2-1-3-16(17)21-18(23)12-22/h5-7,10H,1-4,8-9,11-12H2. The molecule has 0 N–H and O–H groups in total. The Morgan fingerprint density at radius 3 is 3.00 bits per heavy atom. The molecule has 0 saturated carbocycles. The Bertz CT molecular complexity index is 911. The molecule has 4 nitrogen and oxygen atoms in total. The van der Waals surface area contributed by atoms with E-state index in [1.54, 1.807) is 12.3 Å². The van der Waals surface area contributed by atoms with Crippen LogP contribution in [0.5, 0.6) is 0 Å². The minimum atomic E-state index is -0.218. The van der Waals surface area contributed by atoms with Gasteiger partial charge < -0.3 is 8.98 Å². The molecule has 3 heterocycles. The fourth-order valence-corrected chi connectivity index (χ4v) is 4.15. The number of benzene rings is 1. The van der Waals surface area contributed by atoms with Crippen molar-refractivity contribution in [2.75, 3.05) is 6.54 Å². The van der Waals surface area contributed by atoms with Gasteiger partial charge in [-0.25, -0.2) is 9.37 Å². The minimum Gasteiger partial charge on any atom is -0.464 e. The highest BCUT2D eigenvalue weighted by atomic mass is 19.1. The number of aryl methyl sites for hydroxylation is 1. The van der Waals surface area contributed by atoms with Crippen LogP contribution in [-0.2, 0) is 32.5 Å². The molecule has 1 aromatic carbocycles. The zero-order chi connectivity index (χ0) is 16.1. The van der Waals surface area contributed by atoms with E-state index in [2.05, 4.69) is 9.47 Å². The summed E-state index contributed by atoms with van der Waals surface area (Å²) in [4.78, 5) is 7.27. The highest BCUT2D eigenvalue weighted by Crippen LogP contribution is 2.28. The summed E-state index contributed by atoms with van der Waals surface area (Å²) in [5.41, 5.74) is 4.49. The highest BCUT2D eigenvalue weighted by molar-refractivity contribution is 5.80. The van der Waals surface area contributed by atoms with Crippen LogP contribution in [0.25, 0.3) is 11.0 Å². The van der Waals surface area contributed by atoms with Gasteiger partial charge >= 0.3 is 0 Å². The van der Waals surface area contributed by atoms with Crippen molar-refractivity contribution in [3.63, 3.8) is 0 Å². The summed E-state index contributed by atoms with van der Waals surface area (Å²) in [6.07, 6.45) is 6.41. The van der Waals surface area contributed by atoms with Crippen molar-refractivity contribution in [2.24, 2.45) is 0 Å². The molecular formula is C19H20FN3O. The van der Waals surface area contributed by atoms with E-state index in [1.807, 2.05) is 6.07 Å². The minimum absolute atomic E-state index is 0.218. The fourth-order valence-electron chi connectivity index (χ4n) is 4.15. The van der Waals surface area contributed by atoms with Crippen LogP contribution >= 0.6 is 0 Å². The Morgan fingerprint density at radius 1 is 1.12 bits per heavy atom. The largest absolute Gasteiger partial charge is 0.464 e. The van der Waals surface area contributed by atoms with E-state index in [0.29, 0.717) is 11.0 Å². The van der Waals surface area contributed by atoms with Crippen LogP contribution in [0, 0.1) is 5.82 Å². The number of imidazole rings is 1. The first kappa shape index (κ1) is 14.2. The number of nitrogens with zero attached hydrogens (tertiary/aromatic N) is 3. The lowest BCUT2D eigenvalue weighted by atomic mass is 10.0. The van der Waals surface area contributed by atoms with Crippen molar-refractivity contribution < 1.29 is 8.81 Å². The second-order valence-electron chi connectivity index (χ2n) is 6.86. The van der Waals surface area contributed by atoms with Crippen LogP contribution in [0.3, 0.4) is 0 Å². The Labute approximate surface area is 139 Å². The van der Waals surface area contributed by atoms with Gasteiger partial charge in [0.1, 0.15) is 17.2 Å². The molecule has 5 rings (SSSR count). The third kappa shape index (κ3) is 2.18. The van der Waals surface area contributed by atoms with Crippen molar-refractivity contribution >= 4 is 11.0 Å². The lowest BCUT2D eigenvalue weighted by molar-refractivity contribution is 0.207. The molecule has 24 heavy (non-hydrogen) atoms. The van der Waals surface area contributed by atoms with Gasteiger partial charge in [0.15, 0.2) is 0 Å². The van der Waals surface area contributed by atoms with Gasteiger partial charge in [0.2, 0.25) is 0 Å². The number of furan rings is 1. The molecule has 124 valence electrons. The molecule has 0 saturated heterocycles. The smallest absolute Gasteiger partial charge is 0.141 e. The fraction of sp³-hybridized carbons (Fsp3) is 0.421. The molecule has 0 unspecified atom stereocenters. The topological polar surface area (TPSA) is 34.2 Å². The van der Waals surface area contributed by atoms with E-state index in [9.17, 15) is 4.39 Å². The molecule has 2 aromatic heterocycles. The number of aromatic nitrogens is 2. The van der Waals surface area contributed by atoms with Gasteiger partial charge in [-0.15, -0.1) is 0 Å². The van der Waals surface area contributed by atoms with Crippen molar-refractivity contribution in [1.29, 1.82) is 0 Å². The van der Waals surface area contributed by atoms with Gasteiger partial charge in [-0.1, -0.05) is 6.07 Å². The predicted molar refractivity (Wildman–Crippen MR) is 89.2 cm³/mol. The molecule has 2 aliphatic rings. The first-order chi connectivity index (χ1) is 11.8. The van der Waals surface area contributed by atoms with Crippen molar-refractivity contribution in [2.45, 2.75) is 45.3 Å². The van der Waals surface area contributed by atoms with Crippen LogP contribution in [0.1, 0.15) is 35.6 Å². The lowest BCUT2D eigenvalue weighted by Crippen LogP contribution is -2.34. The third-order valence-corrected chi connectivity index (χ3v) is 5.36. The van der Waals surface area contributed by atoms with E-state index in [1.165, 1.54) is 42.5 Å². The van der Waals surface area contributed by atoms with E-state index in [4.69, 9.17) is 9.40 Å². The van der Waals surface area contributed by atoms with Crippen molar-refractivity contribution in [3.05, 3.63) is 53.1 Å². The first-order valence-corrected chi connectivity index (χ1v) is 8.74. The molecule has 0 radical (unpaired) electrons. The predicted octanol–water partition coefficient (Wildman–Crippen LogP) is 3.66. The maximum absolute atomic E-state index is 13.8. The maximum atomic E-state index is 13.8. The molecule has 1 aliphatic heterocycles. The maximum Gasteiger partial charge on any atom is 0.141 e. The summed E-state index contributed by atoms with van der Waals surface area (Å²) in [6.45, 7) is 3.62. The molecule has 0 spiro atoms. The third-order valence-electron chi connectivity index (χ3n) is 5.36. The molecule has 1 aliphatic carbocycles. The summed E-state index contributed by atoms with van der Waals surface area (Å²) >= 11 is 0. The van der Waals surface area contributed by atoms with Crippen LogP contribution in [0.15, 0.2) is 28.9 Å². The van der Waals surface area contributed by atoms with Crippen LogP contribution in [0.2, 0.25) is 0 Å². The normalized spacial score (nSPS) is 17.9. The number of rotatable bonds is 2. The Kier molecular flexibility index (Phi) is 3.23. The molecular weight excluding hydrogens is 305 g/mol. The number of hydrogen-bond donors (Lipinski definition) is 0. The quantitative estimate of drug-likeness (QED) is 0.721. The van der Waals surface area contributed by atoms with Gasteiger partial charge in [-0.2, -0.15) is 0 Å². The summed E-state index contributed by atoms with van der Waals surface area (Å²) < 4.78 is 21.8. The van der Waals surface area contributed by atoms with Crippen molar-refractivity contribution in [1.82, 2.24) is 14.5 Å². The van der Waals surface area contributed by atoms with Crippen molar-refractivity contribution in [3.8, 4) is 0 Å². The average Bonchev–Trinajstić information content (AvgIpc) is 3.22. The molecule has 0 atom stereocenters. The Hall–Kier alpha value is -2.14. The van der Waals surface area contributed by atoms with E-state index in [-0.39, 0.29) is 5.82 Å². The monoisotopic (exact) mass is 325 g/mol. The zero-order valence-corrected chi connectivity index (χ0v) is 13.6. The van der Waals surface area contributed by atoms with E-state index in [0.717, 1.165) is 38.2 Å². The first-order valence-electron chi connectivity index (χ1n) is 8.74. The van der Waals surface area contributed by atoms with E-state index >= 15 is 0 Å². The second kappa shape index (κ2) is 5.45. The average molecular weight is 325 g/mol. The van der Waals surface area contributed by atoms with Crippen LogP contribution < -0.4 is 0 Å². The van der Waals surface area contributed by atoms with Gasteiger partial charge in [0.25, 0.3) is 0 Å². The molecule has 3 aromatic rings. The zero-order valence-electron chi connectivity index (χ0n) is 13.6. The molecule has 0 amide bonds. The van der Waals surface area contributed by atoms with E-state index < -0.39 is 0 Å². The van der Waals surface area contributed by atoms with Gasteiger partial charge in [0.05, 0.1) is 23.9 Å². The molecule has 5 heteroatoms. The molecule has 0 fully saturated rings. The summed E-state index contributed by atoms with van der Waals surface area (Å²) in [6, 6.07) is 5.08. The lowest BCUT2D eigenvalue weighted by Gasteiger charge is -2.28. The summed E-state index contributed by atoms with van der Waals surface area (Å²) in [7, 11) is 0. The molecule has 0 bridgehead atoms. The SMILES string of the molecule is Fc1ccc(CN2CCn3c(nc4c3CCCC4)C2)c2occc12. The highest BCUT2D eigenvalue weighted by Gasteiger charge is 2.25. The summed E-state index contributed by atoms with van der Waals surface area (Å²) in [5.74, 6) is 0.968. The van der Waals surface area contributed by atoms with Gasteiger partial charge in [-0.05, 0) is 37.8 Å².